The van der Waals surface area contributed by atoms with Crippen LogP contribution >= 0.6 is 0 Å². The number of nitrogens with zero attached hydrogens (tertiary/aromatic N) is 2. The molecular weight excluding hydrogens is 216 g/mol. The first-order chi connectivity index (χ1) is 8.08. The highest BCUT2D eigenvalue weighted by Crippen LogP contribution is 2.21. The lowest BCUT2D eigenvalue weighted by Gasteiger charge is -2.10. The highest BCUT2D eigenvalue weighted by atomic mass is 16.2. The monoisotopic (exact) mass is 234 g/mol. The number of amides is 1. The number of rotatable bonds is 2. The molecule has 17 heavy (non-hydrogen) atoms. The molecule has 4 nitrogen and oxygen atoms in total. The van der Waals surface area contributed by atoms with Crippen LogP contribution in [0.4, 0.5) is 0 Å². The molecule has 0 aromatic carbocycles. The van der Waals surface area contributed by atoms with Crippen molar-refractivity contribution in [1.82, 2.24) is 9.47 Å². The zero-order chi connectivity index (χ0) is 12.4. The average Bonchev–Trinajstić information content (AvgIpc) is 2.59. The van der Waals surface area contributed by atoms with E-state index in [0.29, 0.717) is 13.0 Å². The molecule has 0 aliphatic heterocycles. The van der Waals surface area contributed by atoms with Crippen LogP contribution in [0.15, 0.2) is 12.4 Å². The van der Waals surface area contributed by atoms with Gasteiger partial charge in [-0.25, -0.2) is 0 Å². The van der Waals surface area contributed by atoms with Crippen LogP contribution < -0.4 is 0 Å². The van der Waals surface area contributed by atoms with Crippen molar-refractivity contribution in [3.8, 4) is 0 Å². The van der Waals surface area contributed by atoms with E-state index in [9.17, 15) is 9.59 Å². The molecule has 1 aliphatic rings. The van der Waals surface area contributed by atoms with E-state index in [4.69, 9.17) is 0 Å². The standard InChI is InChI=1S/C13H18N2O2/c1-14(2)13(17)9-15-7-10-5-3-4-6-12(16)11(10)8-15/h7-8H,3-6,9H2,1-2H3. The maximum atomic E-state index is 11.8. The first-order valence-electron chi connectivity index (χ1n) is 6.00. The predicted molar refractivity (Wildman–Crippen MR) is 65.0 cm³/mol. The molecule has 1 aliphatic carbocycles. The number of carbonyl (C=O) groups is 2. The fourth-order valence-electron chi connectivity index (χ4n) is 2.13. The number of aromatic nitrogens is 1. The molecule has 2 rings (SSSR count). The maximum absolute atomic E-state index is 11.8. The summed E-state index contributed by atoms with van der Waals surface area (Å²) < 4.78 is 1.83. The quantitative estimate of drug-likeness (QED) is 0.727. The van der Waals surface area contributed by atoms with E-state index >= 15 is 0 Å². The van der Waals surface area contributed by atoms with Crippen LogP contribution in [0.25, 0.3) is 0 Å². The summed E-state index contributed by atoms with van der Waals surface area (Å²) in [7, 11) is 3.48. The summed E-state index contributed by atoms with van der Waals surface area (Å²) in [5.74, 6) is 0.260. The summed E-state index contributed by atoms with van der Waals surface area (Å²) >= 11 is 0. The van der Waals surface area contributed by atoms with Gasteiger partial charge in [-0.05, 0) is 24.8 Å². The Morgan fingerprint density at radius 1 is 1.29 bits per heavy atom. The third kappa shape index (κ3) is 2.57. The zero-order valence-electron chi connectivity index (χ0n) is 10.4. The van der Waals surface area contributed by atoms with Gasteiger partial charge in [-0.2, -0.15) is 0 Å². The molecule has 0 saturated carbocycles. The first-order valence-corrected chi connectivity index (χ1v) is 6.00. The molecule has 1 amide bonds. The summed E-state index contributed by atoms with van der Waals surface area (Å²) in [4.78, 5) is 25.0. The molecule has 1 aromatic rings. The minimum absolute atomic E-state index is 0.0441. The van der Waals surface area contributed by atoms with Crippen molar-refractivity contribution in [3.63, 3.8) is 0 Å². The number of fused-ring (bicyclic) bond motifs is 1. The molecule has 0 atom stereocenters. The van der Waals surface area contributed by atoms with Gasteiger partial charge in [0.15, 0.2) is 5.78 Å². The van der Waals surface area contributed by atoms with Crippen LogP contribution in [0.2, 0.25) is 0 Å². The van der Waals surface area contributed by atoms with E-state index in [-0.39, 0.29) is 11.7 Å². The first kappa shape index (κ1) is 11.9. The Kier molecular flexibility index (Phi) is 3.31. The van der Waals surface area contributed by atoms with E-state index in [1.54, 1.807) is 19.0 Å². The molecule has 0 spiro atoms. The molecule has 92 valence electrons. The molecule has 4 heteroatoms. The van der Waals surface area contributed by atoms with Crippen LogP contribution in [0.3, 0.4) is 0 Å². The molecule has 0 N–H and O–H groups in total. The van der Waals surface area contributed by atoms with Gasteiger partial charge in [0.2, 0.25) is 5.91 Å². The average molecular weight is 234 g/mol. The van der Waals surface area contributed by atoms with Crippen LogP contribution in [0.5, 0.6) is 0 Å². The minimum Gasteiger partial charge on any atom is -0.347 e. The van der Waals surface area contributed by atoms with E-state index in [2.05, 4.69) is 0 Å². The third-order valence-electron chi connectivity index (χ3n) is 3.18. The van der Waals surface area contributed by atoms with Crippen molar-refractivity contribution in [2.75, 3.05) is 14.1 Å². The molecular formula is C13H18N2O2. The number of likely N-dealkylation sites (N-methyl/N-ethyl adjacent to an activating group) is 1. The Morgan fingerprint density at radius 2 is 2.00 bits per heavy atom. The highest BCUT2D eigenvalue weighted by Gasteiger charge is 2.18. The van der Waals surface area contributed by atoms with Crippen molar-refractivity contribution >= 4 is 11.7 Å². The van der Waals surface area contributed by atoms with Gasteiger partial charge in [0.25, 0.3) is 0 Å². The van der Waals surface area contributed by atoms with Gasteiger partial charge < -0.3 is 9.47 Å². The minimum atomic E-state index is 0.0441. The Morgan fingerprint density at radius 3 is 2.71 bits per heavy atom. The van der Waals surface area contributed by atoms with E-state index < -0.39 is 0 Å². The van der Waals surface area contributed by atoms with Gasteiger partial charge in [-0.1, -0.05) is 0 Å². The summed E-state index contributed by atoms with van der Waals surface area (Å²) in [6.45, 7) is 0.313. The third-order valence-corrected chi connectivity index (χ3v) is 3.18. The van der Waals surface area contributed by atoms with Gasteiger partial charge in [-0.3, -0.25) is 9.59 Å². The topological polar surface area (TPSA) is 42.3 Å². The summed E-state index contributed by atoms with van der Waals surface area (Å²) in [6.07, 6.45) is 7.39. The van der Waals surface area contributed by atoms with Crippen molar-refractivity contribution in [2.24, 2.45) is 0 Å². The second-order valence-corrected chi connectivity index (χ2v) is 4.79. The number of ketones is 1. The fourth-order valence-corrected chi connectivity index (χ4v) is 2.13. The Balaban J connectivity index is 2.19. The smallest absolute Gasteiger partial charge is 0.241 e. The van der Waals surface area contributed by atoms with Crippen molar-refractivity contribution in [3.05, 3.63) is 23.5 Å². The van der Waals surface area contributed by atoms with Crippen molar-refractivity contribution in [1.29, 1.82) is 0 Å². The predicted octanol–water partition coefficient (Wildman–Crippen LogP) is 1.49. The zero-order valence-corrected chi connectivity index (χ0v) is 10.4. The van der Waals surface area contributed by atoms with Crippen LogP contribution in [0, 0.1) is 0 Å². The van der Waals surface area contributed by atoms with E-state index in [0.717, 1.165) is 30.4 Å². The maximum Gasteiger partial charge on any atom is 0.241 e. The SMILES string of the molecule is CN(C)C(=O)Cn1cc2c(c1)C(=O)CCCC2. The summed E-state index contributed by atoms with van der Waals surface area (Å²) in [6, 6.07) is 0. The number of aryl methyl sites for hydroxylation is 1. The van der Waals surface area contributed by atoms with Crippen LogP contribution in [0.1, 0.15) is 35.2 Å². The van der Waals surface area contributed by atoms with Gasteiger partial charge in [-0.15, -0.1) is 0 Å². The van der Waals surface area contributed by atoms with Crippen LogP contribution in [-0.4, -0.2) is 35.3 Å². The summed E-state index contributed by atoms with van der Waals surface area (Å²) in [5.41, 5.74) is 1.91. The largest absolute Gasteiger partial charge is 0.347 e. The lowest BCUT2D eigenvalue weighted by atomic mass is 10.1. The Hall–Kier alpha value is -1.58. The number of Topliss-reactive ketones (excluding diaryl/α,β-unsaturated/α-hetero) is 1. The molecule has 0 bridgehead atoms. The molecule has 0 radical (unpaired) electrons. The molecule has 0 unspecified atom stereocenters. The van der Waals surface area contributed by atoms with E-state index in [1.807, 2.05) is 17.0 Å². The Labute approximate surface area is 101 Å². The molecule has 0 fully saturated rings. The van der Waals surface area contributed by atoms with Crippen molar-refractivity contribution < 1.29 is 9.59 Å². The second kappa shape index (κ2) is 4.73. The van der Waals surface area contributed by atoms with Gasteiger partial charge in [0.05, 0.1) is 0 Å². The highest BCUT2D eigenvalue weighted by molar-refractivity contribution is 5.97. The number of hydrogen-bond acceptors (Lipinski definition) is 2. The van der Waals surface area contributed by atoms with Crippen LogP contribution in [-0.2, 0) is 17.8 Å². The normalized spacial score (nSPS) is 15.3. The van der Waals surface area contributed by atoms with Crippen molar-refractivity contribution in [2.45, 2.75) is 32.2 Å². The van der Waals surface area contributed by atoms with Gasteiger partial charge in [0.1, 0.15) is 6.54 Å². The lowest BCUT2D eigenvalue weighted by Crippen LogP contribution is -2.25. The van der Waals surface area contributed by atoms with Gasteiger partial charge >= 0.3 is 0 Å². The molecule has 1 aromatic heterocycles. The van der Waals surface area contributed by atoms with E-state index in [1.165, 1.54) is 0 Å². The summed E-state index contributed by atoms with van der Waals surface area (Å²) in [5, 5.41) is 0. The Bertz CT molecular complexity index is 446. The fraction of sp³-hybridized carbons (Fsp3) is 0.538. The van der Waals surface area contributed by atoms with Gasteiger partial charge in [0, 0.05) is 38.5 Å². The molecule has 0 saturated heterocycles. The number of hydrogen-bond donors (Lipinski definition) is 0. The lowest BCUT2D eigenvalue weighted by molar-refractivity contribution is -0.129. The molecule has 1 heterocycles. The number of carbonyl (C=O) groups excluding carboxylic acids is 2. The second-order valence-electron chi connectivity index (χ2n) is 4.79.